The molecule has 1 rings (SSSR count). The molecular formula is C10H12ClNO. The summed E-state index contributed by atoms with van der Waals surface area (Å²) in [6, 6.07) is 5.40. The molecule has 3 heteroatoms. The number of benzene rings is 1. The molecule has 0 amide bonds. The lowest BCUT2D eigenvalue weighted by atomic mass is 10.1. The van der Waals surface area contributed by atoms with Gasteiger partial charge in [-0.1, -0.05) is 17.7 Å². The second kappa shape index (κ2) is 4.28. The summed E-state index contributed by atoms with van der Waals surface area (Å²) in [5.41, 5.74) is 1.38. The van der Waals surface area contributed by atoms with Gasteiger partial charge in [0.1, 0.15) is 0 Å². The molecule has 1 aromatic carbocycles. The number of halogens is 1. The van der Waals surface area contributed by atoms with Gasteiger partial charge >= 0.3 is 0 Å². The van der Waals surface area contributed by atoms with Gasteiger partial charge in [0.25, 0.3) is 0 Å². The van der Waals surface area contributed by atoms with Gasteiger partial charge in [0.2, 0.25) is 0 Å². The lowest BCUT2D eigenvalue weighted by Gasteiger charge is -2.09. The zero-order chi connectivity index (χ0) is 9.84. The highest BCUT2D eigenvalue weighted by Crippen LogP contribution is 2.24. The number of ketones is 1. The van der Waals surface area contributed by atoms with Gasteiger partial charge < -0.3 is 5.32 Å². The van der Waals surface area contributed by atoms with E-state index in [-0.39, 0.29) is 5.78 Å². The monoisotopic (exact) mass is 197 g/mol. The van der Waals surface area contributed by atoms with Crippen molar-refractivity contribution in [3.8, 4) is 0 Å². The Bertz CT molecular complexity index is 323. The van der Waals surface area contributed by atoms with E-state index in [2.05, 4.69) is 5.32 Å². The average molecular weight is 198 g/mol. The Labute approximate surface area is 82.9 Å². The zero-order valence-corrected chi connectivity index (χ0v) is 8.48. The summed E-state index contributed by atoms with van der Waals surface area (Å²) in [6.45, 7) is 4.27. The predicted octanol–water partition coefficient (Wildman–Crippen LogP) is 2.97. The van der Waals surface area contributed by atoms with Crippen molar-refractivity contribution in [2.24, 2.45) is 0 Å². The van der Waals surface area contributed by atoms with E-state index in [0.29, 0.717) is 10.6 Å². The Morgan fingerprint density at radius 3 is 2.77 bits per heavy atom. The Morgan fingerprint density at radius 2 is 2.23 bits per heavy atom. The third-order valence-corrected chi connectivity index (χ3v) is 2.05. The molecule has 0 atom stereocenters. The van der Waals surface area contributed by atoms with E-state index in [1.807, 2.05) is 19.1 Å². The highest BCUT2D eigenvalue weighted by Gasteiger charge is 2.09. The van der Waals surface area contributed by atoms with E-state index in [1.165, 1.54) is 6.92 Å². The molecule has 0 aromatic heterocycles. The van der Waals surface area contributed by atoms with Gasteiger partial charge in [0.15, 0.2) is 5.78 Å². The normalized spacial score (nSPS) is 9.77. The van der Waals surface area contributed by atoms with Crippen molar-refractivity contribution in [1.82, 2.24) is 0 Å². The van der Waals surface area contributed by atoms with Crippen LogP contribution in [0.5, 0.6) is 0 Å². The third kappa shape index (κ3) is 2.22. The summed E-state index contributed by atoms with van der Waals surface area (Å²) in [4.78, 5) is 11.2. The Kier molecular flexibility index (Phi) is 3.32. The van der Waals surface area contributed by atoms with Gasteiger partial charge in [-0.3, -0.25) is 4.79 Å². The van der Waals surface area contributed by atoms with Crippen molar-refractivity contribution in [1.29, 1.82) is 0 Å². The minimum absolute atomic E-state index is 0.0125. The Balaban J connectivity index is 3.17. The number of nitrogens with one attached hydrogen (secondary N) is 1. The maximum absolute atomic E-state index is 11.2. The van der Waals surface area contributed by atoms with Crippen LogP contribution in [-0.4, -0.2) is 12.3 Å². The van der Waals surface area contributed by atoms with Crippen LogP contribution in [0.25, 0.3) is 0 Å². The van der Waals surface area contributed by atoms with Gasteiger partial charge in [-0.05, 0) is 26.0 Å². The minimum Gasteiger partial charge on any atom is -0.385 e. The summed E-state index contributed by atoms with van der Waals surface area (Å²) >= 11 is 5.90. The fourth-order valence-electron chi connectivity index (χ4n) is 1.22. The topological polar surface area (TPSA) is 29.1 Å². The van der Waals surface area contributed by atoms with Crippen LogP contribution in [0.2, 0.25) is 5.02 Å². The van der Waals surface area contributed by atoms with Gasteiger partial charge in [-0.15, -0.1) is 0 Å². The quantitative estimate of drug-likeness (QED) is 0.755. The van der Waals surface area contributed by atoms with Gasteiger partial charge in [-0.25, -0.2) is 0 Å². The summed E-state index contributed by atoms with van der Waals surface area (Å²) in [7, 11) is 0. The lowest BCUT2D eigenvalue weighted by Crippen LogP contribution is -2.04. The van der Waals surface area contributed by atoms with Crippen LogP contribution in [0, 0.1) is 0 Å². The molecular weight excluding hydrogens is 186 g/mol. The number of Topliss-reactive ketones (excluding diaryl/α,β-unsaturated/α-hetero) is 1. The highest BCUT2D eigenvalue weighted by atomic mass is 35.5. The number of hydrogen-bond donors (Lipinski definition) is 1. The molecule has 0 saturated carbocycles. The van der Waals surface area contributed by atoms with Crippen molar-refractivity contribution in [2.45, 2.75) is 13.8 Å². The maximum Gasteiger partial charge on any atom is 0.163 e. The molecule has 0 aliphatic rings. The van der Waals surface area contributed by atoms with E-state index in [4.69, 9.17) is 11.6 Å². The van der Waals surface area contributed by atoms with Crippen LogP contribution < -0.4 is 5.32 Å². The molecule has 70 valence electrons. The zero-order valence-electron chi connectivity index (χ0n) is 7.73. The third-order valence-electron chi connectivity index (χ3n) is 1.73. The predicted molar refractivity (Wildman–Crippen MR) is 55.6 cm³/mol. The SMILES string of the molecule is CCNc1cccc(Cl)c1C(C)=O. The second-order valence-electron chi connectivity index (χ2n) is 2.75. The second-order valence-corrected chi connectivity index (χ2v) is 3.16. The fourth-order valence-corrected chi connectivity index (χ4v) is 1.53. The van der Waals surface area contributed by atoms with Crippen LogP contribution >= 0.6 is 11.6 Å². The van der Waals surface area contributed by atoms with Crippen molar-refractivity contribution in [3.05, 3.63) is 28.8 Å². The lowest BCUT2D eigenvalue weighted by molar-refractivity contribution is 0.101. The minimum atomic E-state index is -0.0125. The fraction of sp³-hybridized carbons (Fsp3) is 0.300. The summed E-state index contributed by atoms with van der Waals surface area (Å²) in [6.07, 6.45) is 0. The van der Waals surface area contributed by atoms with Crippen LogP contribution in [0.1, 0.15) is 24.2 Å². The first-order valence-corrected chi connectivity index (χ1v) is 4.58. The highest BCUT2D eigenvalue weighted by molar-refractivity contribution is 6.34. The van der Waals surface area contributed by atoms with E-state index < -0.39 is 0 Å². The summed E-state index contributed by atoms with van der Waals surface area (Å²) in [5, 5.41) is 3.60. The van der Waals surface area contributed by atoms with Gasteiger partial charge in [-0.2, -0.15) is 0 Å². The average Bonchev–Trinajstić information content (AvgIpc) is 2.04. The van der Waals surface area contributed by atoms with Crippen LogP contribution in [0.15, 0.2) is 18.2 Å². The molecule has 0 aliphatic carbocycles. The molecule has 2 nitrogen and oxygen atoms in total. The first-order chi connectivity index (χ1) is 6.16. The van der Waals surface area contributed by atoms with E-state index >= 15 is 0 Å². The first kappa shape index (κ1) is 10.1. The van der Waals surface area contributed by atoms with E-state index in [9.17, 15) is 4.79 Å². The largest absolute Gasteiger partial charge is 0.385 e. The molecule has 13 heavy (non-hydrogen) atoms. The smallest absolute Gasteiger partial charge is 0.163 e. The van der Waals surface area contributed by atoms with Crippen molar-refractivity contribution >= 4 is 23.1 Å². The van der Waals surface area contributed by atoms with Crippen molar-refractivity contribution in [3.63, 3.8) is 0 Å². The molecule has 1 N–H and O–H groups in total. The Hall–Kier alpha value is -1.02. The number of hydrogen-bond acceptors (Lipinski definition) is 2. The summed E-state index contributed by atoms with van der Waals surface area (Å²) < 4.78 is 0. The molecule has 0 radical (unpaired) electrons. The molecule has 0 aliphatic heterocycles. The first-order valence-electron chi connectivity index (χ1n) is 4.20. The summed E-state index contributed by atoms with van der Waals surface area (Å²) in [5.74, 6) is -0.0125. The number of rotatable bonds is 3. The van der Waals surface area contributed by atoms with Crippen molar-refractivity contribution < 1.29 is 4.79 Å². The molecule has 0 unspecified atom stereocenters. The molecule has 0 saturated heterocycles. The van der Waals surface area contributed by atoms with Crippen molar-refractivity contribution in [2.75, 3.05) is 11.9 Å². The number of carbonyl (C=O) groups excluding carboxylic acids is 1. The van der Waals surface area contributed by atoms with Crippen LogP contribution in [0.3, 0.4) is 0 Å². The Morgan fingerprint density at radius 1 is 1.54 bits per heavy atom. The van der Waals surface area contributed by atoms with E-state index in [0.717, 1.165) is 12.2 Å². The molecule has 0 heterocycles. The molecule has 1 aromatic rings. The molecule has 0 bridgehead atoms. The molecule has 0 fully saturated rings. The number of carbonyl (C=O) groups is 1. The molecule has 0 spiro atoms. The maximum atomic E-state index is 11.2. The standard InChI is InChI=1S/C10H12ClNO/c1-3-12-9-6-4-5-8(11)10(9)7(2)13/h4-6,12H,3H2,1-2H3. The van der Waals surface area contributed by atoms with Crippen LogP contribution in [0.4, 0.5) is 5.69 Å². The van der Waals surface area contributed by atoms with Crippen LogP contribution in [-0.2, 0) is 0 Å². The van der Waals surface area contributed by atoms with Gasteiger partial charge in [0, 0.05) is 12.2 Å². The number of anilines is 1. The van der Waals surface area contributed by atoms with E-state index in [1.54, 1.807) is 6.07 Å². The van der Waals surface area contributed by atoms with Gasteiger partial charge in [0.05, 0.1) is 10.6 Å².